The first kappa shape index (κ1) is 12.9. The van der Waals surface area contributed by atoms with E-state index >= 15 is 0 Å². The standard InChI is InChI=1S/C16H17NO3/c1-2-15-12(8-10-20-15)16(19)17-9-7-14(18)11-5-3-4-6-13(11)17/h3-6,8,10,14,18H,2,7,9H2,1H3. The minimum atomic E-state index is -0.495. The van der Waals surface area contributed by atoms with Crippen LogP contribution in [0.5, 0.6) is 0 Å². The number of furan rings is 1. The van der Waals surface area contributed by atoms with Gasteiger partial charge in [0.2, 0.25) is 0 Å². The second-order valence-electron chi connectivity index (χ2n) is 4.93. The van der Waals surface area contributed by atoms with E-state index in [9.17, 15) is 9.90 Å². The molecule has 2 heterocycles. The lowest BCUT2D eigenvalue weighted by Crippen LogP contribution is -2.36. The number of hydrogen-bond acceptors (Lipinski definition) is 3. The van der Waals surface area contributed by atoms with E-state index in [4.69, 9.17) is 4.42 Å². The van der Waals surface area contributed by atoms with E-state index in [0.717, 1.165) is 11.3 Å². The molecule has 0 saturated heterocycles. The van der Waals surface area contributed by atoms with E-state index in [1.54, 1.807) is 17.2 Å². The van der Waals surface area contributed by atoms with Crippen LogP contribution in [-0.2, 0) is 6.42 Å². The Morgan fingerprint density at radius 2 is 2.20 bits per heavy atom. The molecule has 1 amide bonds. The quantitative estimate of drug-likeness (QED) is 0.913. The number of aryl methyl sites for hydroxylation is 1. The van der Waals surface area contributed by atoms with Crippen LogP contribution in [0, 0.1) is 0 Å². The summed E-state index contributed by atoms with van der Waals surface area (Å²) in [6, 6.07) is 9.23. The lowest BCUT2D eigenvalue weighted by molar-refractivity contribution is 0.0968. The van der Waals surface area contributed by atoms with Crippen LogP contribution >= 0.6 is 0 Å². The highest BCUT2D eigenvalue weighted by molar-refractivity contribution is 6.07. The zero-order chi connectivity index (χ0) is 14.1. The van der Waals surface area contributed by atoms with E-state index in [2.05, 4.69) is 0 Å². The van der Waals surface area contributed by atoms with E-state index < -0.39 is 6.10 Å². The van der Waals surface area contributed by atoms with Crippen molar-refractivity contribution >= 4 is 11.6 Å². The average Bonchev–Trinajstić information content (AvgIpc) is 2.96. The zero-order valence-electron chi connectivity index (χ0n) is 11.4. The van der Waals surface area contributed by atoms with Crippen LogP contribution in [0.15, 0.2) is 41.0 Å². The fraction of sp³-hybridized carbons (Fsp3) is 0.312. The van der Waals surface area contributed by atoms with Gasteiger partial charge in [-0.25, -0.2) is 0 Å². The maximum atomic E-state index is 12.7. The Labute approximate surface area is 117 Å². The molecule has 1 atom stereocenters. The number of aliphatic hydroxyl groups is 1. The highest BCUT2D eigenvalue weighted by Crippen LogP contribution is 2.34. The van der Waals surface area contributed by atoms with Gasteiger partial charge in [0.25, 0.3) is 5.91 Å². The molecular formula is C16H17NO3. The second-order valence-corrected chi connectivity index (χ2v) is 4.93. The van der Waals surface area contributed by atoms with Gasteiger partial charge in [0, 0.05) is 24.2 Å². The highest BCUT2D eigenvalue weighted by atomic mass is 16.3. The van der Waals surface area contributed by atoms with Crippen LogP contribution in [-0.4, -0.2) is 17.6 Å². The Kier molecular flexibility index (Phi) is 3.32. The summed E-state index contributed by atoms with van der Waals surface area (Å²) in [5.74, 6) is 0.647. The van der Waals surface area contributed by atoms with Crippen LogP contribution in [0.3, 0.4) is 0 Å². The van der Waals surface area contributed by atoms with Crippen molar-refractivity contribution in [3.8, 4) is 0 Å². The first-order valence-electron chi connectivity index (χ1n) is 6.87. The van der Waals surface area contributed by atoms with Crippen molar-refractivity contribution in [3.05, 3.63) is 53.5 Å². The number of anilines is 1. The van der Waals surface area contributed by atoms with Gasteiger partial charge in [-0.15, -0.1) is 0 Å². The first-order valence-corrected chi connectivity index (χ1v) is 6.87. The molecular weight excluding hydrogens is 254 g/mol. The summed E-state index contributed by atoms with van der Waals surface area (Å²) in [5.41, 5.74) is 2.21. The summed E-state index contributed by atoms with van der Waals surface area (Å²) < 4.78 is 5.34. The number of para-hydroxylation sites is 1. The Balaban J connectivity index is 2.00. The predicted octanol–water partition coefficient (Wildman–Crippen LogP) is 2.93. The molecule has 1 aliphatic rings. The summed E-state index contributed by atoms with van der Waals surface area (Å²) >= 11 is 0. The molecule has 1 aromatic carbocycles. The molecule has 4 nitrogen and oxygen atoms in total. The van der Waals surface area contributed by atoms with Crippen molar-refractivity contribution < 1.29 is 14.3 Å². The molecule has 0 aliphatic carbocycles. The van der Waals surface area contributed by atoms with Gasteiger partial charge in [-0.1, -0.05) is 25.1 Å². The maximum Gasteiger partial charge on any atom is 0.261 e. The molecule has 104 valence electrons. The van der Waals surface area contributed by atoms with Crippen LogP contribution < -0.4 is 4.90 Å². The molecule has 1 N–H and O–H groups in total. The van der Waals surface area contributed by atoms with Crippen molar-refractivity contribution in [1.82, 2.24) is 0 Å². The maximum absolute atomic E-state index is 12.7. The van der Waals surface area contributed by atoms with E-state index in [0.29, 0.717) is 30.7 Å². The summed E-state index contributed by atoms with van der Waals surface area (Å²) in [7, 11) is 0. The van der Waals surface area contributed by atoms with Crippen LogP contribution in [0.1, 0.15) is 41.1 Å². The first-order chi connectivity index (χ1) is 9.72. The minimum Gasteiger partial charge on any atom is -0.469 e. The fourth-order valence-corrected chi connectivity index (χ4v) is 2.70. The Morgan fingerprint density at radius 3 is 3.00 bits per heavy atom. The number of benzene rings is 1. The van der Waals surface area contributed by atoms with E-state index in [1.165, 1.54) is 0 Å². The molecule has 1 aromatic heterocycles. The fourth-order valence-electron chi connectivity index (χ4n) is 2.70. The largest absolute Gasteiger partial charge is 0.469 e. The van der Waals surface area contributed by atoms with Gasteiger partial charge in [-0.3, -0.25) is 4.79 Å². The zero-order valence-corrected chi connectivity index (χ0v) is 11.4. The van der Waals surface area contributed by atoms with Gasteiger partial charge >= 0.3 is 0 Å². The van der Waals surface area contributed by atoms with Crippen LogP contribution in [0.4, 0.5) is 5.69 Å². The Morgan fingerprint density at radius 1 is 1.40 bits per heavy atom. The molecule has 4 heteroatoms. The molecule has 0 saturated carbocycles. The molecule has 20 heavy (non-hydrogen) atoms. The Hall–Kier alpha value is -2.07. The second kappa shape index (κ2) is 5.13. The van der Waals surface area contributed by atoms with Crippen molar-refractivity contribution in [3.63, 3.8) is 0 Å². The predicted molar refractivity (Wildman–Crippen MR) is 75.8 cm³/mol. The minimum absolute atomic E-state index is 0.0602. The molecule has 0 spiro atoms. The third-order valence-corrected chi connectivity index (χ3v) is 3.75. The molecule has 1 unspecified atom stereocenters. The molecule has 0 fully saturated rings. The van der Waals surface area contributed by atoms with Gasteiger partial charge in [0.15, 0.2) is 0 Å². The monoisotopic (exact) mass is 271 g/mol. The number of aliphatic hydroxyl groups excluding tert-OH is 1. The number of hydrogen-bond donors (Lipinski definition) is 1. The van der Waals surface area contributed by atoms with Crippen molar-refractivity contribution in [2.24, 2.45) is 0 Å². The lowest BCUT2D eigenvalue weighted by atomic mass is 9.98. The Bertz CT molecular complexity index is 632. The van der Waals surface area contributed by atoms with Gasteiger partial charge in [0.05, 0.1) is 17.9 Å². The van der Waals surface area contributed by atoms with E-state index in [-0.39, 0.29) is 5.91 Å². The number of carbonyl (C=O) groups excluding carboxylic acids is 1. The number of fused-ring (bicyclic) bond motifs is 1. The van der Waals surface area contributed by atoms with Crippen molar-refractivity contribution in [2.75, 3.05) is 11.4 Å². The summed E-state index contributed by atoms with van der Waals surface area (Å²) in [4.78, 5) is 14.4. The third-order valence-electron chi connectivity index (χ3n) is 3.75. The molecule has 2 aromatic rings. The average molecular weight is 271 g/mol. The molecule has 3 rings (SSSR count). The SMILES string of the molecule is CCc1occc1C(=O)N1CCC(O)c2ccccc21. The summed E-state index contributed by atoms with van der Waals surface area (Å²) in [5, 5.41) is 10.0. The van der Waals surface area contributed by atoms with Gasteiger partial charge in [-0.2, -0.15) is 0 Å². The normalized spacial score (nSPS) is 17.9. The third kappa shape index (κ3) is 2.02. The van der Waals surface area contributed by atoms with Gasteiger partial charge in [-0.05, 0) is 18.6 Å². The molecule has 1 aliphatic heterocycles. The van der Waals surface area contributed by atoms with Crippen molar-refractivity contribution in [1.29, 1.82) is 0 Å². The topological polar surface area (TPSA) is 53.7 Å². The lowest BCUT2D eigenvalue weighted by Gasteiger charge is -2.32. The van der Waals surface area contributed by atoms with Crippen LogP contribution in [0.2, 0.25) is 0 Å². The highest BCUT2D eigenvalue weighted by Gasteiger charge is 2.29. The molecule has 0 radical (unpaired) electrons. The summed E-state index contributed by atoms with van der Waals surface area (Å²) in [6.45, 7) is 2.48. The van der Waals surface area contributed by atoms with Crippen LogP contribution in [0.25, 0.3) is 0 Å². The smallest absolute Gasteiger partial charge is 0.261 e. The number of amides is 1. The summed E-state index contributed by atoms with van der Waals surface area (Å²) in [6.07, 6.45) is 2.30. The molecule has 0 bridgehead atoms. The van der Waals surface area contributed by atoms with Gasteiger partial charge in [0.1, 0.15) is 5.76 Å². The number of carbonyl (C=O) groups is 1. The van der Waals surface area contributed by atoms with Crippen molar-refractivity contribution in [2.45, 2.75) is 25.9 Å². The van der Waals surface area contributed by atoms with E-state index in [1.807, 2.05) is 31.2 Å². The van der Waals surface area contributed by atoms with Gasteiger partial charge < -0.3 is 14.4 Å². The number of rotatable bonds is 2. The number of nitrogens with zero attached hydrogens (tertiary/aromatic N) is 1.